The van der Waals surface area contributed by atoms with Crippen molar-refractivity contribution in [1.29, 1.82) is 0 Å². The van der Waals surface area contributed by atoms with Crippen LogP contribution in [0, 0.1) is 6.92 Å². The van der Waals surface area contributed by atoms with Crippen LogP contribution in [0.1, 0.15) is 31.8 Å². The monoisotopic (exact) mass is 482 g/mol. The van der Waals surface area contributed by atoms with Crippen molar-refractivity contribution in [3.8, 4) is 17.2 Å². The number of hydrazone groups is 1. The number of carboxylic acids is 1. The lowest BCUT2D eigenvalue weighted by Gasteiger charge is -2.11. The Morgan fingerprint density at radius 1 is 1.03 bits per heavy atom. The van der Waals surface area contributed by atoms with E-state index in [-0.39, 0.29) is 28.6 Å². The van der Waals surface area contributed by atoms with Gasteiger partial charge < -0.3 is 18.8 Å². The number of benzene rings is 3. The maximum Gasteiger partial charge on any atom is 0.339 e. The van der Waals surface area contributed by atoms with E-state index in [1.165, 1.54) is 60.8 Å². The van der Waals surface area contributed by atoms with Crippen LogP contribution in [0.4, 0.5) is 0 Å². The first-order valence-corrected chi connectivity index (χ1v) is 11.3. The van der Waals surface area contributed by atoms with Crippen LogP contribution in [-0.4, -0.2) is 38.4 Å². The van der Waals surface area contributed by atoms with Crippen LogP contribution in [0.15, 0.2) is 70.7 Å². The second-order valence-electron chi connectivity index (χ2n) is 7.16. The number of carbonyl (C=O) groups excluding carboxylic acids is 1. The Kier molecular flexibility index (Phi) is 6.19. The van der Waals surface area contributed by atoms with Crippen molar-refractivity contribution in [2.45, 2.75) is 11.8 Å². The van der Waals surface area contributed by atoms with Crippen LogP contribution in [0.25, 0.3) is 0 Å². The molecule has 0 aliphatic carbocycles. The summed E-state index contributed by atoms with van der Waals surface area (Å²) in [6, 6.07) is 14.4. The molecule has 1 heterocycles. The summed E-state index contributed by atoms with van der Waals surface area (Å²) in [6.07, 6.45) is 1.34. The molecule has 1 aliphatic heterocycles. The van der Waals surface area contributed by atoms with E-state index >= 15 is 0 Å². The van der Waals surface area contributed by atoms with Gasteiger partial charge in [0, 0.05) is 11.6 Å². The van der Waals surface area contributed by atoms with Crippen molar-refractivity contribution >= 4 is 28.2 Å². The molecule has 2 N–H and O–H groups in total. The third-order valence-corrected chi connectivity index (χ3v) is 6.17. The molecule has 0 unspecified atom stereocenters. The largest absolute Gasteiger partial charge is 0.478 e. The third-order valence-electron chi connectivity index (χ3n) is 4.78. The maximum absolute atomic E-state index is 12.8. The van der Waals surface area contributed by atoms with Gasteiger partial charge in [-0.05, 0) is 54.4 Å². The normalized spacial score (nSPS) is 12.5. The zero-order chi connectivity index (χ0) is 24.3. The molecule has 1 aliphatic rings. The van der Waals surface area contributed by atoms with Crippen molar-refractivity contribution in [2.24, 2.45) is 5.10 Å². The van der Waals surface area contributed by atoms with E-state index in [1.807, 2.05) is 0 Å². The molecule has 3 aromatic carbocycles. The molecule has 0 atom stereocenters. The SMILES string of the molecule is Cc1cc2c(cc1S(=O)(=O)Oc1cccc(C(=O)N/N=C/c3ccc(C(=O)O)cc3)c1)OCO2. The topological polar surface area (TPSA) is 141 Å². The Balaban J connectivity index is 1.45. The van der Waals surface area contributed by atoms with Gasteiger partial charge in [0.25, 0.3) is 5.91 Å². The lowest BCUT2D eigenvalue weighted by molar-refractivity contribution is 0.0696. The minimum Gasteiger partial charge on any atom is -0.478 e. The number of ether oxygens (including phenoxy) is 2. The fraction of sp³-hybridized carbons (Fsp3) is 0.0870. The standard InChI is InChI=1S/C23H18N2O8S/c1-14-9-19-20(32-13-31-19)11-21(14)34(29,30)33-18-4-2-3-17(10-18)22(26)25-24-12-15-5-7-16(8-6-15)23(27)28/h2-12H,13H2,1H3,(H,25,26)(H,27,28)/b24-12+. The van der Waals surface area contributed by atoms with Crippen molar-refractivity contribution in [1.82, 2.24) is 5.43 Å². The van der Waals surface area contributed by atoms with E-state index in [1.54, 1.807) is 13.0 Å². The zero-order valence-electron chi connectivity index (χ0n) is 17.7. The molecule has 3 aromatic rings. The number of carboxylic acid groups (broad SMARTS) is 1. The van der Waals surface area contributed by atoms with Gasteiger partial charge in [0.15, 0.2) is 11.5 Å². The van der Waals surface area contributed by atoms with Gasteiger partial charge in [-0.3, -0.25) is 4.79 Å². The lowest BCUT2D eigenvalue weighted by atomic mass is 10.1. The molecule has 0 saturated carbocycles. The highest BCUT2D eigenvalue weighted by molar-refractivity contribution is 7.87. The summed E-state index contributed by atoms with van der Waals surface area (Å²) in [4.78, 5) is 23.2. The summed E-state index contributed by atoms with van der Waals surface area (Å²) >= 11 is 0. The molecule has 0 bridgehead atoms. The first-order chi connectivity index (χ1) is 16.2. The summed E-state index contributed by atoms with van der Waals surface area (Å²) in [5, 5.41) is 12.7. The molecule has 0 saturated heterocycles. The smallest absolute Gasteiger partial charge is 0.339 e. The number of hydrogen-bond donors (Lipinski definition) is 2. The fourth-order valence-corrected chi connectivity index (χ4v) is 4.25. The summed E-state index contributed by atoms with van der Waals surface area (Å²) in [5.74, 6) is -0.946. The predicted octanol–water partition coefficient (Wildman–Crippen LogP) is 2.95. The van der Waals surface area contributed by atoms with E-state index in [0.717, 1.165) is 0 Å². The Hall–Kier alpha value is -4.38. The molecular weight excluding hydrogens is 464 g/mol. The molecule has 34 heavy (non-hydrogen) atoms. The molecule has 0 fully saturated rings. The van der Waals surface area contributed by atoms with Gasteiger partial charge in [-0.15, -0.1) is 0 Å². The summed E-state index contributed by atoms with van der Waals surface area (Å²) in [7, 11) is -4.21. The van der Waals surface area contributed by atoms with Crippen LogP contribution in [0.3, 0.4) is 0 Å². The van der Waals surface area contributed by atoms with E-state index in [0.29, 0.717) is 22.6 Å². The number of amides is 1. The average Bonchev–Trinajstić information content (AvgIpc) is 3.26. The maximum atomic E-state index is 12.8. The minimum absolute atomic E-state index is 0.00636. The molecule has 0 aromatic heterocycles. The van der Waals surface area contributed by atoms with E-state index in [4.69, 9.17) is 18.8 Å². The van der Waals surface area contributed by atoms with Gasteiger partial charge in [0.1, 0.15) is 10.6 Å². The summed E-state index contributed by atoms with van der Waals surface area (Å²) in [5.41, 5.74) is 3.57. The van der Waals surface area contributed by atoms with Gasteiger partial charge in [0.05, 0.1) is 11.8 Å². The number of rotatable bonds is 7. The van der Waals surface area contributed by atoms with Crippen LogP contribution in [-0.2, 0) is 10.1 Å². The highest BCUT2D eigenvalue weighted by Crippen LogP contribution is 2.36. The summed E-state index contributed by atoms with van der Waals surface area (Å²) < 4.78 is 41.4. The molecule has 11 heteroatoms. The second-order valence-corrected chi connectivity index (χ2v) is 8.68. The number of aromatic carboxylic acids is 1. The molecule has 1 amide bonds. The van der Waals surface area contributed by atoms with Gasteiger partial charge in [-0.1, -0.05) is 18.2 Å². The first kappa shape index (κ1) is 22.8. The van der Waals surface area contributed by atoms with E-state index in [9.17, 15) is 18.0 Å². The molecule has 10 nitrogen and oxygen atoms in total. The van der Waals surface area contributed by atoms with Gasteiger partial charge in [-0.25, -0.2) is 10.2 Å². The van der Waals surface area contributed by atoms with E-state index in [2.05, 4.69) is 10.5 Å². The van der Waals surface area contributed by atoms with Crippen molar-refractivity contribution in [3.05, 3.63) is 82.9 Å². The molecular formula is C23H18N2O8S. The number of fused-ring (bicyclic) bond motifs is 1. The first-order valence-electron chi connectivity index (χ1n) is 9.84. The van der Waals surface area contributed by atoms with Gasteiger partial charge in [-0.2, -0.15) is 13.5 Å². The number of nitrogens with zero attached hydrogens (tertiary/aromatic N) is 1. The minimum atomic E-state index is -4.21. The molecule has 0 radical (unpaired) electrons. The predicted molar refractivity (Wildman–Crippen MR) is 120 cm³/mol. The molecule has 4 rings (SSSR count). The van der Waals surface area contributed by atoms with Crippen molar-refractivity contribution in [2.75, 3.05) is 6.79 Å². The zero-order valence-corrected chi connectivity index (χ0v) is 18.5. The fourth-order valence-electron chi connectivity index (χ4n) is 3.10. The number of aryl methyl sites for hydroxylation is 1. The van der Waals surface area contributed by atoms with Crippen LogP contribution in [0.2, 0.25) is 0 Å². The van der Waals surface area contributed by atoms with Crippen LogP contribution >= 0.6 is 0 Å². The number of nitrogens with one attached hydrogen (secondary N) is 1. The lowest BCUT2D eigenvalue weighted by Crippen LogP contribution is -2.18. The third kappa shape index (κ3) is 4.99. The van der Waals surface area contributed by atoms with Crippen LogP contribution < -0.4 is 19.1 Å². The summed E-state index contributed by atoms with van der Waals surface area (Å²) in [6.45, 7) is 1.61. The highest BCUT2D eigenvalue weighted by atomic mass is 32.2. The average molecular weight is 482 g/mol. The Morgan fingerprint density at radius 2 is 1.74 bits per heavy atom. The van der Waals surface area contributed by atoms with Gasteiger partial charge in [0.2, 0.25) is 6.79 Å². The molecule has 174 valence electrons. The van der Waals surface area contributed by atoms with Crippen molar-refractivity contribution < 1.29 is 36.8 Å². The number of hydrogen-bond acceptors (Lipinski definition) is 8. The quantitative estimate of drug-likeness (QED) is 0.298. The van der Waals surface area contributed by atoms with Crippen LogP contribution in [0.5, 0.6) is 17.2 Å². The van der Waals surface area contributed by atoms with E-state index < -0.39 is 22.0 Å². The Morgan fingerprint density at radius 3 is 2.44 bits per heavy atom. The number of carbonyl (C=O) groups is 2. The highest BCUT2D eigenvalue weighted by Gasteiger charge is 2.25. The Bertz CT molecular complexity index is 1400. The van der Waals surface area contributed by atoms with Gasteiger partial charge >= 0.3 is 16.1 Å². The second kappa shape index (κ2) is 9.24. The Labute approximate surface area is 194 Å². The molecule has 0 spiro atoms. The van der Waals surface area contributed by atoms with Crippen molar-refractivity contribution in [3.63, 3.8) is 0 Å².